The molecule has 0 saturated heterocycles. The number of aryl methyl sites for hydroxylation is 1. The van der Waals surface area contributed by atoms with Crippen molar-refractivity contribution in [1.29, 1.82) is 0 Å². The molecule has 0 bridgehead atoms. The first-order valence-electron chi connectivity index (χ1n) is 4.33. The SMILES string of the molecule is CC(=C=Cc1ccc(C)cc1)C(=O)O. The molecule has 0 aliphatic carbocycles. The molecule has 0 aliphatic rings. The Morgan fingerprint density at radius 1 is 1.36 bits per heavy atom. The zero-order chi connectivity index (χ0) is 10.6. The second-order valence-corrected chi connectivity index (χ2v) is 3.13. The molecule has 0 atom stereocenters. The third kappa shape index (κ3) is 2.92. The minimum Gasteiger partial charge on any atom is -0.477 e. The predicted molar refractivity (Wildman–Crippen MR) is 56.0 cm³/mol. The molecular formula is C12H12O2. The van der Waals surface area contributed by atoms with E-state index < -0.39 is 5.97 Å². The summed E-state index contributed by atoms with van der Waals surface area (Å²) in [5.74, 6) is -0.937. The normalized spacial score (nSPS) is 9.00. The lowest BCUT2D eigenvalue weighted by atomic mass is 10.1. The van der Waals surface area contributed by atoms with Gasteiger partial charge in [-0.05, 0) is 25.5 Å². The lowest BCUT2D eigenvalue weighted by molar-refractivity contribution is -0.132. The fourth-order valence-electron chi connectivity index (χ4n) is 0.916. The van der Waals surface area contributed by atoms with Crippen LogP contribution in [0.1, 0.15) is 18.1 Å². The molecule has 1 rings (SSSR count). The van der Waals surface area contributed by atoms with Gasteiger partial charge in [0, 0.05) is 0 Å². The van der Waals surface area contributed by atoms with Crippen LogP contribution in [0.25, 0.3) is 6.08 Å². The van der Waals surface area contributed by atoms with E-state index in [0.717, 1.165) is 5.56 Å². The Bertz CT molecular complexity index is 393. The van der Waals surface area contributed by atoms with E-state index in [2.05, 4.69) is 5.73 Å². The number of rotatable bonds is 2. The molecule has 0 amide bonds. The number of hydrogen-bond acceptors (Lipinski definition) is 1. The van der Waals surface area contributed by atoms with Gasteiger partial charge in [-0.1, -0.05) is 29.8 Å². The smallest absolute Gasteiger partial charge is 0.339 e. The highest BCUT2D eigenvalue weighted by atomic mass is 16.4. The topological polar surface area (TPSA) is 37.3 Å². The summed E-state index contributed by atoms with van der Waals surface area (Å²) in [6, 6.07) is 7.81. The van der Waals surface area contributed by atoms with E-state index in [1.807, 2.05) is 31.2 Å². The van der Waals surface area contributed by atoms with E-state index in [9.17, 15) is 4.79 Å². The van der Waals surface area contributed by atoms with E-state index in [-0.39, 0.29) is 5.57 Å². The molecule has 1 N–H and O–H groups in total. The molecule has 0 spiro atoms. The molecule has 0 aliphatic heterocycles. The summed E-state index contributed by atoms with van der Waals surface area (Å²) in [6.07, 6.45) is 1.67. The fourth-order valence-corrected chi connectivity index (χ4v) is 0.916. The Balaban J connectivity index is 2.94. The van der Waals surface area contributed by atoms with Crippen molar-refractivity contribution < 1.29 is 9.90 Å². The maximum atomic E-state index is 10.5. The average Bonchev–Trinajstić information content (AvgIpc) is 2.16. The van der Waals surface area contributed by atoms with Gasteiger partial charge in [0.2, 0.25) is 0 Å². The summed E-state index contributed by atoms with van der Waals surface area (Å²) in [5, 5.41) is 8.58. The zero-order valence-electron chi connectivity index (χ0n) is 8.24. The largest absolute Gasteiger partial charge is 0.477 e. The van der Waals surface area contributed by atoms with Crippen LogP contribution in [0, 0.1) is 6.92 Å². The van der Waals surface area contributed by atoms with Gasteiger partial charge in [-0.2, -0.15) is 0 Å². The van der Waals surface area contributed by atoms with Gasteiger partial charge in [-0.25, -0.2) is 4.79 Å². The van der Waals surface area contributed by atoms with E-state index >= 15 is 0 Å². The van der Waals surface area contributed by atoms with Gasteiger partial charge in [0.05, 0.1) is 5.57 Å². The molecular weight excluding hydrogens is 176 g/mol. The van der Waals surface area contributed by atoms with Crippen molar-refractivity contribution in [3.8, 4) is 0 Å². The molecule has 0 aromatic heterocycles. The zero-order valence-corrected chi connectivity index (χ0v) is 8.24. The molecule has 0 fully saturated rings. The maximum Gasteiger partial charge on any atom is 0.339 e. The first kappa shape index (κ1) is 10.3. The molecule has 72 valence electrons. The number of hydrogen-bond donors (Lipinski definition) is 1. The van der Waals surface area contributed by atoms with E-state index in [1.54, 1.807) is 6.08 Å². The average molecular weight is 188 g/mol. The number of aliphatic carboxylic acids is 1. The van der Waals surface area contributed by atoms with Gasteiger partial charge in [0.25, 0.3) is 0 Å². The van der Waals surface area contributed by atoms with Crippen LogP contribution >= 0.6 is 0 Å². The highest BCUT2D eigenvalue weighted by Gasteiger charge is 1.95. The van der Waals surface area contributed by atoms with Crippen LogP contribution in [-0.4, -0.2) is 11.1 Å². The highest BCUT2D eigenvalue weighted by molar-refractivity contribution is 5.86. The second kappa shape index (κ2) is 4.45. The van der Waals surface area contributed by atoms with E-state index in [4.69, 9.17) is 5.11 Å². The Hall–Kier alpha value is -1.79. The molecule has 0 saturated carbocycles. The van der Waals surface area contributed by atoms with E-state index in [1.165, 1.54) is 12.5 Å². The van der Waals surface area contributed by atoms with Crippen LogP contribution in [0.15, 0.2) is 35.6 Å². The molecule has 0 heterocycles. The van der Waals surface area contributed by atoms with Gasteiger partial charge >= 0.3 is 5.97 Å². The Labute approximate surface area is 83.2 Å². The summed E-state index contributed by atoms with van der Waals surface area (Å²) in [4.78, 5) is 10.5. The Kier molecular flexibility index (Phi) is 3.27. The third-order valence-corrected chi connectivity index (χ3v) is 1.85. The van der Waals surface area contributed by atoms with Crippen LogP contribution < -0.4 is 0 Å². The quantitative estimate of drug-likeness (QED) is 0.572. The first-order chi connectivity index (χ1) is 6.59. The summed E-state index contributed by atoms with van der Waals surface area (Å²) >= 11 is 0. The first-order valence-corrected chi connectivity index (χ1v) is 4.33. The lowest BCUT2D eigenvalue weighted by Crippen LogP contribution is -1.93. The van der Waals surface area contributed by atoms with Crippen molar-refractivity contribution >= 4 is 12.0 Å². The lowest BCUT2D eigenvalue weighted by Gasteiger charge is -1.92. The van der Waals surface area contributed by atoms with Gasteiger partial charge in [-0.15, -0.1) is 5.73 Å². The molecule has 14 heavy (non-hydrogen) atoms. The number of carboxylic acid groups (broad SMARTS) is 1. The Morgan fingerprint density at radius 2 is 1.93 bits per heavy atom. The van der Waals surface area contributed by atoms with Gasteiger partial charge in [0.15, 0.2) is 0 Å². The van der Waals surface area contributed by atoms with Gasteiger partial charge in [-0.3, -0.25) is 0 Å². The minimum atomic E-state index is -0.937. The Morgan fingerprint density at radius 3 is 2.43 bits per heavy atom. The highest BCUT2D eigenvalue weighted by Crippen LogP contribution is 2.04. The van der Waals surface area contributed by atoms with Crippen molar-refractivity contribution in [2.24, 2.45) is 0 Å². The molecule has 2 nitrogen and oxygen atoms in total. The third-order valence-electron chi connectivity index (χ3n) is 1.85. The monoisotopic (exact) mass is 188 g/mol. The standard InChI is InChI=1S/C12H12O2/c1-9-3-6-11(7-4-9)8-5-10(2)12(13)14/h3-4,6-8H,1-2H3,(H,13,14). The van der Waals surface area contributed by atoms with Crippen LogP contribution in [0.5, 0.6) is 0 Å². The van der Waals surface area contributed by atoms with Crippen LogP contribution in [0.2, 0.25) is 0 Å². The summed E-state index contributed by atoms with van der Waals surface area (Å²) in [6.45, 7) is 3.53. The number of carboxylic acids is 1. The second-order valence-electron chi connectivity index (χ2n) is 3.13. The van der Waals surface area contributed by atoms with Crippen molar-refractivity contribution in [2.45, 2.75) is 13.8 Å². The number of benzene rings is 1. The van der Waals surface area contributed by atoms with Crippen molar-refractivity contribution in [3.05, 3.63) is 46.7 Å². The summed E-state index contributed by atoms with van der Waals surface area (Å²) in [7, 11) is 0. The van der Waals surface area contributed by atoms with Crippen molar-refractivity contribution in [3.63, 3.8) is 0 Å². The van der Waals surface area contributed by atoms with Crippen molar-refractivity contribution in [2.75, 3.05) is 0 Å². The van der Waals surface area contributed by atoms with Crippen LogP contribution in [0.3, 0.4) is 0 Å². The minimum absolute atomic E-state index is 0.213. The predicted octanol–water partition coefficient (Wildman–Crippen LogP) is 2.64. The van der Waals surface area contributed by atoms with Crippen LogP contribution in [-0.2, 0) is 4.79 Å². The van der Waals surface area contributed by atoms with Gasteiger partial charge in [0.1, 0.15) is 0 Å². The number of carbonyl (C=O) groups is 1. The van der Waals surface area contributed by atoms with E-state index in [0.29, 0.717) is 0 Å². The molecule has 2 heteroatoms. The molecule has 0 unspecified atom stereocenters. The fraction of sp³-hybridized carbons (Fsp3) is 0.167. The molecule has 1 aromatic rings. The molecule has 1 aromatic carbocycles. The summed E-state index contributed by atoms with van der Waals surface area (Å²) in [5.41, 5.74) is 5.06. The summed E-state index contributed by atoms with van der Waals surface area (Å²) < 4.78 is 0. The van der Waals surface area contributed by atoms with Gasteiger partial charge < -0.3 is 5.11 Å². The van der Waals surface area contributed by atoms with Crippen molar-refractivity contribution in [1.82, 2.24) is 0 Å². The van der Waals surface area contributed by atoms with Crippen LogP contribution in [0.4, 0.5) is 0 Å². The maximum absolute atomic E-state index is 10.5. The molecule has 0 radical (unpaired) electrons.